The van der Waals surface area contributed by atoms with Gasteiger partial charge in [0.25, 0.3) is 5.91 Å². The minimum absolute atomic E-state index is 0.112. The number of nitrogens with one attached hydrogen (secondary N) is 1. The van der Waals surface area contributed by atoms with Crippen LogP contribution >= 0.6 is 0 Å². The minimum Gasteiger partial charge on any atom is -0.483 e. The predicted molar refractivity (Wildman–Crippen MR) is 134 cm³/mol. The quantitative estimate of drug-likeness (QED) is 0.584. The molecule has 0 heterocycles. The van der Waals surface area contributed by atoms with Gasteiger partial charge in [0.2, 0.25) is 5.91 Å². The highest BCUT2D eigenvalue weighted by Crippen LogP contribution is 2.31. The maximum Gasteiger partial charge on any atom is 0.261 e. The Morgan fingerprint density at radius 3 is 2.24 bits per heavy atom. The molecule has 1 N–H and O–H groups in total. The van der Waals surface area contributed by atoms with Gasteiger partial charge in [-0.05, 0) is 56.7 Å². The molecular formula is C28H40N2O3. The molecule has 0 spiro atoms. The summed E-state index contributed by atoms with van der Waals surface area (Å²) in [5.41, 5.74) is 2.65. The zero-order valence-electron chi connectivity index (χ0n) is 21.5. The lowest BCUT2D eigenvalue weighted by atomic mass is 9.86. The molecule has 0 radical (unpaired) electrons. The first-order valence-corrected chi connectivity index (χ1v) is 11.7. The molecule has 0 aliphatic heterocycles. The Balaban J connectivity index is 2.30. The van der Waals surface area contributed by atoms with E-state index < -0.39 is 6.04 Å². The zero-order valence-corrected chi connectivity index (χ0v) is 21.5. The van der Waals surface area contributed by atoms with Gasteiger partial charge in [-0.15, -0.1) is 0 Å². The molecule has 33 heavy (non-hydrogen) atoms. The van der Waals surface area contributed by atoms with Crippen LogP contribution in [0.2, 0.25) is 0 Å². The maximum absolute atomic E-state index is 13.5. The first kappa shape index (κ1) is 26.4. The number of aryl methyl sites for hydroxylation is 1. The molecule has 0 aromatic heterocycles. The van der Waals surface area contributed by atoms with Crippen LogP contribution in [0.4, 0.5) is 0 Å². The average molecular weight is 453 g/mol. The topological polar surface area (TPSA) is 58.6 Å². The Kier molecular flexibility index (Phi) is 8.70. The molecule has 0 unspecified atom stereocenters. The van der Waals surface area contributed by atoms with Crippen molar-refractivity contribution in [3.05, 3.63) is 65.2 Å². The van der Waals surface area contributed by atoms with Crippen LogP contribution in [0.5, 0.6) is 5.75 Å². The molecule has 0 saturated heterocycles. The summed E-state index contributed by atoms with van der Waals surface area (Å²) in [6, 6.07) is 15.2. The van der Waals surface area contributed by atoms with E-state index in [1.54, 1.807) is 4.90 Å². The zero-order chi connectivity index (χ0) is 24.8. The van der Waals surface area contributed by atoms with Gasteiger partial charge < -0.3 is 15.0 Å². The number of carbonyl (C=O) groups excluding carboxylic acids is 2. The van der Waals surface area contributed by atoms with Crippen molar-refractivity contribution in [2.24, 2.45) is 0 Å². The molecule has 1 atom stereocenters. The van der Waals surface area contributed by atoms with Gasteiger partial charge in [0.15, 0.2) is 6.61 Å². The summed E-state index contributed by atoms with van der Waals surface area (Å²) in [5, 5.41) is 3.03. The highest BCUT2D eigenvalue weighted by atomic mass is 16.5. The van der Waals surface area contributed by atoms with E-state index in [1.165, 1.54) is 0 Å². The molecular weight excluding hydrogens is 412 g/mol. The van der Waals surface area contributed by atoms with Crippen molar-refractivity contribution < 1.29 is 14.3 Å². The number of hydrogen-bond acceptors (Lipinski definition) is 3. The smallest absolute Gasteiger partial charge is 0.261 e. The number of amides is 2. The molecule has 2 amide bonds. The Bertz CT molecular complexity index is 954. The fourth-order valence-corrected chi connectivity index (χ4v) is 3.81. The first-order chi connectivity index (χ1) is 15.3. The second-order valence-corrected chi connectivity index (χ2v) is 10.7. The third-order valence-corrected chi connectivity index (χ3v) is 5.37. The van der Waals surface area contributed by atoms with Crippen molar-refractivity contribution in [3.8, 4) is 5.75 Å². The summed E-state index contributed by atoms with van der Waals surface area (Å²) in [6.07, 6.45) is 0.512. The van der Waals surface area contributed by atoms with Crippen molar-refractivity contribution in [1.82, 2.24) is 10.2 Å². The molecule has 0 bridgehead atoms. The summed E-state index contributed by atoms with van der Waals surface area (Å²) in [7, 11) is 0. The van der Waals surface area contributed by atoms with Crippen molar-refractivity contribution in [2.45, 2.75) is 85.4 Å². The third-order valence-electron chi connectivity index (χ3n) is 5.37. The van der Waals surface area contributed by atoms with Gasteiger partial charge in [-0.1, -0.05) is 75.7 Å². The maximum atomic E-state index is 13.5. The number of hydrogen-bond donors (Lipinski definition) is 1. The molecule has 2 aromatic rings. The molecule has 0 aliphatic carbocycles. The lowest BCUT2D eigenvalue weighted by Crippen LogP contribution is -2.54. The Hall–Kier alpha value is -2.82. The van der Waals surface area contributed by atoms with Crippen molar-refractivity contribution in [3.63, 3.8) is 0 Å². The van der Waals surface area contributed by atoms with Crippen molar-refractivity contribution >= 4 is 11.8 Å². The molecule has 2 aromatic carbocycles. The van der Waals surface area contributed by atoms with Crippen LogP contribution in [-0.4, -0.2) is 34.9 Å². The lowest BCUT2D eigenvalue weighted by molar-refractivity contribution is -0.143. The first-order valence-electron chi connectivity index (χ1n) is 11.7. The lowest BCUT2D eigenvalue weighted by Gasteiger charge is -2.33. The Labute approximate surface area is 199 Å². The molecule has 180 valence electrons. The summed E-state index contributed by atoms with van der Waals surface area (Å²) in [6.45, 7) is 16.3. The van der Waals surface area contributed by atoms with Crippen molar-refractivity contribution in [2.75, 3.05) is 6.61 Å². The number of para-hydroxylation sites is 1. The predicted octanol–water partition coefficient (Wildman–Crippen LogP) is 5.39. The molecule has 0 aliphatic rings. The van der Waals surface area contributed by atoms with Gasteiger partial charge >= 0.3 is 0 Å². The Morgan fingerprint density at radius 1 is 1.00 bits per heavy atom. The van der Waals surface area contributed by atoms with Crippen LogP contribution in [0.25, 0.3) is 0 Å². The standard InChI is InChI=1S/C28H40N2O3/c1-9-23(26(32)29-28(6,7)8)30(18-21-14-12-13-20(2)17-21)25(31)19-33-24-16-11-10-15-22(24)27(3,4)5/h10-17,23H,9,18-19H2,1-8H3,(H,29,32)/t23-/m1/s1. The van der Waals surface area contributed by atoms with Crippen LogP contribution in [0.15, 0.2) is 48.5 Å². The minimum atomic E-state index is -0.585. The van der Waals surface area contributed by atoms with E-state index >= 15 is 0 Å². The summed E-state index contributed by atoms with van der Waals surface area (Å²) >= 11 is 0. The second kappa shape index (κ2) is 10.9. The molecule has 0 saturated carbocycles. The normalized spacial score (nSPS) is 12.7. The highest BCUT2D eigenvalue weighted by molar-refractivity contribution is 5.88. The van der Waals surface area contributed by atoms with Crippen LogP contribution in [0.1, 0.15) is 71.6 Å². The largest absolute Gasteiger partial charge is 0.483 e. The van der Waals surface area contributed by atoms with E-state index in [0.717, 1.165) is 16.7 Å². The van der Waals surface area contributed by atoms with E-state index in [4.69, 9.17) is 4.74 Å². The number of rotatable bonds is 8. The summed E-state index contributed by atoms with van der Waals surface area (Å²) < 4.78 is 6.02. The van der Waals surface area contributed by atoms with Gasteiger partial charge in [-0.3, -0.25) is 9.59 Å². The van der Waals surface area contributed by atoms with Crippen LogP contribution in [-0.2, 0) is 21.5 Å². The number of nitrogens with zero attached hydrogens (tertiary/aromatic N) is 1. The van der Waals surface area contributed by atoms with E-state index in [0.29, 0.717) is 18.7 Å². The number of benzene rings is 2. The van der Waals surface area contributed by atoms with E-state index in [1.807, 2.05) is 83.1 Å². The monoisotopic (exact) mass is 452 g/mol. The number of ether oxygens (including phenoxy) is 1. The van der Waals surface area contributed by atoms with Crippen molar-refractivity contribution in [1.29, 1.82) is 0 Å². The summed E-state index contributed by atoms with van der Waals surface area (Å²) in [5.74, 6) is 0.332. The Morgan fingerprint density at radius 2 is 1.67 bits per heavy atom. The third kappa shape index (κ3) is 7.92. The van der Waals surface area contributed by atoms with E-state index in [2.05, 4.69) is 26.1 Å². The second-order valence-electron chi connectivity index (χ2n) is 10.7. The fraction of sp³-hybridized carbons (Fsp3) is 0.500. The molecule has 5 heteroatoms. The van der Waals surface area contributed by atoms with Gasteiger partial charge in [0.05, 0.1) is 0 Å². The van der Waals surface area contributed by atoms with Gasteiger partial charge in [0.1, 0.15) is 11.8 Å². The molecule has 5 nitrogen and oxygen atoms in total. The fourth-order valence-electron chi connectivity index (χ4n) is 3.81. The average Bonchev–Trinajstić information content (AvgIpc) is 2.70. The van der Waals surface area contributed by atoms with E-state index in [-0.39, 0.29) is 29.4 Å². The van der Waals surface area contributed by atoms with Gasteiger partial charge in [0, 0.05) is 12.1 Å². The van der Waals surface area contributed by atoms with E-state index in [9.17, 15) is 9.59 Å². The van der Waals surface area contributed by atoms with Crippen LogP contribution in [0.3, 0.4) is 0 Å². The van der Waals surface area contributed by atoms with Crippen LogP contribution < -0.4 is 10.1 Å². The molecule has 2 rings (SSSR count). The molecule has 0 fully saturated rings. The van der Waals surface area contributed by atoms with Crippen LogP contribution in [0, 0.1) is 6.92 Å². The number of carbonyl (C=O) groups is 2. The van der Waals surface area contributed by atoms with Gasteiger partial charge in [-0.2, -0.15) is 0 Å². The SMILES string of the molecule is CC[C@H](C(=O)NC(C)(C)C)N(Cc1cccc(C)c1)C(=O)COc1ccccc1C(C)(C)C. The highest BCUT2D eigenvalue weighted by Gasteiger charge is 2.31. The summed E-state index contributed by atoms with van der Waals surface area (Å²) in [4.78, 5) is 28.2. The van der Waals surface area contributed by atoms with Gasteiger partial charge in [-0.25, -0.2) is 0 Å².